The molecule has 0 aromatic heterocycles. The summed E-state index contributed by atoms with van der Waals surface area (Å²) in [5.41, 5.74) is 0.225. The van der Waals surface area contributed by atoms with E-state index in [1.165, 1.54) is 4.90 Å². The highest BCUT2D eigenvalue weighted by Crippen LogP contribution is 2.37. The van der Waals surface area contributed by atoms with E-state index in [-0.39, 0.29) is 19.0 Å². The lowest BCUT2D eigenvalue weighted by Crippen LogP contribution is -2.51. The molecule has 23 heavy (non-hydrogen) atoms. The van der Waals surface area contributed by atoms with Crippen LogP contribution in [0.4, 0.5) is 4.39 Å². The van der Waals surface area contributed by atoms with Gasteiger partial charge in [0.15, 0.2) is 0 Å². The van der Waals surface area contributed by atoms with Crippen LogP contribution in [0, 0.1) is 0 Å². The summed E-state index contributed by atoms with van der Waals surface area (Å²) in [6, 6.07) is 5.01. The summed E-state index contributed by atoms with van der Waals surface area (Å²) in [4.78, 5) is 13.7. The number of alkyl halides is 1. The number of carbonyl (C=O) groups is 1. The Bertz CT molecular complexity index is 630. The minimum absolute atomic E-state index is 0.148. The normalized spacial score (nSPS) is 23.0. The van der Waals surface area contributed by atoms with E-state index in [1.54, 1.807) is 18.2 Å². The molecule has 2 aliphatic rings. The third-order valence-corrected chi connectivity index (χ3v) is 5.21. The van der Waals surface area contributed by atoms with Gasteiger partial charge >= 0.3 is 7.12 Å². The Morgan fingerprint density at radius 2 is 1.83 bits per heavy atom. The van der Waals surface area contributed by atoms with Crippen LogP contribution in [0.1, 0.15) is 38.1 Å². The van der Waals surface area contributed by atoms with E-state index in [2.05, 4.69) is 0 Å². The van der Waals surface area contributed by atoms with Gasteiger partial charge in [0.1, 0.15) is 6.17 Å². The van der Waals surface area contributed by atoms with Crippen molar-refractivity contribution in [3.05, 3.63) is 28.8 Å². The lowest BCUT2D eigenvalue weighted by atomic mass is 9.78. The molecule has 0 bridgehead atoms. The molecule has 0 spiro atoms. The van der Waals surface area contributed by atoms with E-state index in [0.29, 0.717) is 16.0 Å². The highest BCUT2D eigenvalue weighted by atomic mass is 35.5. The lowest BCUT2D eigenvalue weighted by Gasteiger charge is -2.34. The zero-order valence-corrected chi connectivity index (χ0v) is 14.5. The molecule has 0 radical (unpaired) electrons. The summed E-state index contributed by atoms with van der Waals surface area (Å²) >= 11 is 6.33. The number of hydrogen-bond acceptors (Lipinski definition) is 3. The SMILES string of the molecule is CC1(C)OB(c2ccc(C(=O)N3CC(F)C3)cc2Cl)OC1(C)C. The Morgan fingerprint density at radius 1 is 1.26 bits per heavy atom. The Hall–Kier alpha value is -1.11. The summed E-state index contributed by atoms with van der Waals surface area (Å²) in [6.45, 7) is 8.17. The Kier molecular flexibility index (Phi) is 3.98. The van der Waals surface area contributed by atoms with Gasteiger partial charge < -0.3 is 14.2 Å². The Balaban J connectivity index is 1.80. The number of halogens is 2. The summed E-state index contributed by atoms with van der Waals surface area (Å²) < 4.78 is 24.8. The molecule has 0 atom stereocenters. The molecule has 0 aliphatic carbocycles. The van der Waals surface area contributed by atoms with Crippen molar-refractivity contribution in [3.63, 3.8) is 0 Å². The van der Waals surface area contributed by atoms with Crippen molar-refractivity contribution < 1.29 is 18.5 Å². The van der Waals surface area contributed by atoms with Crippen molar-refractivity contribution >= 4 is 30.1 Å². The van der Waals surface area contributed by atoms with E-state index >= 15 is 0 Å². The van der Waals surface area contributed by atoms with Gasteiger partial charge in [0.05, 0.1) is 24.3 Å². The number of likely N-dealkylation sites (tertiary alicyclic amines) is 1. The number of rotatable bonds is 2. The van der Waals surface area contributed by atoms with Gasteiger partial charge in [-0.25, -0.2) is 4.39 Å². The number of carbonyl (C=O) groups excluding carboxylic acids is 1. The van der Waals surface area contributed by atoms with Gasteiger partial charge in [-0.05, 0) is 39.8 Å². The fraction of sp³-hybridized carbons (Fsp3) is 0.562. The number of hydrogen-bond donors (Lipinski definition) is 0. The minimum Gasteiger partial charge on any atom is -0.399 e. The van der Waals surface area contributed by atoms with Crippen molar-refractivity contribution in [2.45, 2.75) is 45.1 Å². The first-order valence-corrected chi connectivity index (χ1v) is 8.07. The number of benzene rings is 1. The van der Waals surface area contributed by atoms with Crippen molar-refractivity contribution in [1.29, 1.82) is 0 Å². The van der Waals surface area contributed by atoms with Gasteiger partial charge in [-0.1, -0.05) is 17.7 Å². The zero-order valence-electron chi connectivity index (χ0n) is 13.7. The van der Waals surface area contributed by atoms with Crippen LogP contribution in [-0.2, 0) is 9.31 Å². The maximum absolute atomic E-state index is 12.9. The van der Waals surface area contributed by atoms with E-state index in [9.17, 15) is 9.18 Å². The molecule has 2 aliphatic heterocycles. The molecule has 1 aromatic rings. The molecule has 3 rings (SSSR count). The van der Waals surface area contributed by atoms with Crippen LogP contribution in [0.15, 0.2) is 18.2 Å². The fourth-order valence-corrected chi connectivity index (χ4v) is 2.86. The van der Waals surface area contributed by atoms with Gasteiger partial charge in [0.25, 0.3) is 5.91 Å². The Morgan fingerprint density at radius 3 is 2.30 bits per heavy atom. The molecular formula is C16H20BClFNO3. The molecule has 2 saturated heterocycles. The third kappa shape index (κ3) is 2.88. The highest BCUT2D eigenvalue weighted by molar-refractivity contribution is 6.65. The first-order chi connectivity index (χ1) is 10.6. The number of amides is 1. The van der Waals surface area contributed by atoms with Gasteiger partial charge in [-0.15, -0.1) is 0 Å². The molecule has 0 N–H and O–H groups in total. The summed E-state index contributed by atoms with van der Waals surface area (Å²) in [6.07, 6.45) is -0.918. The minimum atomic E-state index is -0.918. The molecular weight excluding hydrogens is 319 g/mol. The third-order valence-electron chi connectivity index (χ3n) is 4.88. The highest BCUT2D eigenvalue weighted by Gasteiger charge is 2.52. The molecule has 0 saturated carbocycles. The predicted molar refractivity (Wildman–Crippen MR) is 88.0 cm³/mol. The lowest BCUT2D eigenvalue weighted by molar-refractivity contribution is 0.00578. The smallest absolute Gasteiger partial charge is 0.399 e. The van der Waals surface area contributed by atoms with Crippen LogP contribution >= 0.6 is 11.6 Å². The molecule has 2 fully saturated rings. The predicted octanol–water partition coefficient (Wildman–Crippen LogP) is 2.43. The monoisotopic (exact) mass is 339 g/mol. The van der Waals surface area contributed by atoms with Gasteiger partial charge in [-0.2, -0.15) is 0 Å². The molecule has 0 unspecified atom stereocenters. The van der Waals surface area contributed by atoms with Crippen molar-refractivity contribution in [2.24, 2.45) is 0 Å². The molecule has 2 heterocycles. The average Bonchev–Trinajstić information content (AvgIpc) is 2.62. The van der Waals surface area contributed by atoms with Crippen LogP contribution in [-0.4, -0.2) is 48.4 Å². The van der Waals surface area contributed by atoms with Gasteiger partial charge in [0.2, 0.25) is 0 Å². The first-order valence-electron chi connectivity index (χ1n) is 7.69. The maximum atomic E-state index is 12.9. The molecule has 1 aromatic carbocycles. The second kappa shape index (κ2) is 5.47. The quantitative estimate of drug-likeness (QED) is 0.777. The largest absolute Gasteiger partial charge is 0.496 e. The van der Waals surface area contributed by atoms with Gasteiger partial charge in [0, 0.05) is 16.0 Å². The second-order valence-electron chi connectivity index (χ2n) is 7.13. The zero-order chi connectivity index (χ0) is 17.0. The van der Waals surface area contributed by atoms with E-state index in [0.717, 1.165) is 0 Å². The van der Waals surface area contributed by atoms with Gasteiger partial charge in [-0.3, -0.25) is 4.79 Å². The van der Waals surface area contributed by atoms with E-state index in [4.69, 9.17) is 20.9 Å². The van der Waals surface area contributed by atoms with E-state index in [1.807, 2.05) is 27.7 Å². The first kappa shape index (κ1) is 16.7. The van der Waals surface area contributed by atoms with Crippen LogP contribution in [0.3, 0.4) is 0 Å². The van der Waals surface area contributed by atoms with Crippen LogP contribution < -0.4 is 5.46 Å². The standard InChI is InChI=1S/C16H20BClFNO3/c1-15(2)16(3,4)23-17(22-15)12-6-5-10(7-13(12)18)14(21)20-8-11(19)9-20/h5-7,11H,8-9H2,1-4H3. The summed E-state index contributed by atoms with van der Waals surface area (Å²) in [5.74, 6) is -0.207. The second-order valence-corrected chi connectivity index (χ2v) is 7.54. The maximum Gasteiger partial charge on any atom is 0.496 e. The van der Waals surface area contributed by atoms with Crippen molar-refractivity contribution in [2.75, 3.05) is 13.1 Å². The number of nitrogens with zero attached hydrogens (tertiary/aromatic N) is 1. The van der Waals surface area contributed by atoms with Crippen molar-refractivity contribution in [3.8, 4) is 0 Å². The molecule has 124 valence electrons. The van der Waals surface area contributed by atoms with E-state index < -0.39 is 24.5 Å². The molecule has 7 heteroatoms. The van der Waals surface area contributed by atoms with Crippen molar-refractivity contribution in [1.82, 2.24) is 4.90 Å². The summed E-state index contributed by atoms with van der Waals surface area (Å²) in [7, 11) is -0.573. The molecule has 4 nitrogen and oxygen atoms in total. The topological polar surface area (TPSA) is 38.8 Å². The van der Waals surface area contributed by atoms with Crippen LogP contribution in [0.5, 0.6) is 0 Å². The summed E-state index contributed by atoms with van der Waals surface area (Å²) in [5, 5.41) is 0.409. The van der Waals surface area contributed by atoms with Crippen LogP contribution in [0.2, 0.25) is 5.02 Å². The molecule has 1 amide bonds. The average molecular weight is 340 g/mol. The van der Waals surface area contributed by atoms with Crippen LogP contribution in [0.25, 0.3) is 0 Å². The Labute approximate surface area is 141 Å². The fourth-order valence-electron chi connectivity index (χ4n) is 2.59.